The fourth-order valence-electron chi connectivity index (χ4n) is 1.97. The van der Waals surface area contributed by atoms with Crippen LogP contribution in [0.25, 0.3) is 0 Å². The molecule has 5 heteroatoms. The normalized spacial score (nSPS) is 10.1. The van der Waals surface area contributed by atoms with Crippen LogP contribution >= 0.6 is 0 Å². The van der Waals surface area contributed by atoms with Gasteiger partial charge in [-0.05, 0) is 24.6 Å². The van der Waals surface area contributed by atoms with Crippen LogP contribution in [0.1, 0.15) is 49.4 Å². The van der Waals surface area contributed by atoms with E-state index in [0.29, 0.717) is 24.3 Å². The molecular formula is C17H25NO4. The quantitative estimate of drug-likeness (QED) is 0.533. The van der Waals surface area contributed by atoms with Crippen molar-refractivity contribution in [3.8, 4) is 5.75 Å². The number of nitrogens with one attached hydrogen (secondary N) is 1. The zero-order valence-electron chi connectivity index (χ0n) is 13.4. The van der Waals surface area contributed by atoms with Gasteiger partial charge in [-0.2, -0.15) is 0 Å². The average Bonchev–Trinajstić information content (AvgIpc) is 2.55. The van der Waals surface area contributed by atoms with Crippen LogP contribution in [-0.2, 0) is 9.53 Å². The van der Waals surface area contributed by atoms with Crippen molar-refractivity contribution in [3.63, 3.8) is 0 Å². The van der Waals surface area contributed by atoms with Gasteiger partial charge >= 0.3 is 5.97 Å². The molecule has 0 bridgehead atoms. The first-order chi connectivity index (χ1) is 10.7. The minimum Gasteiger partial charge on any atom is -0.497 e. The van der Waals surface area contributed by atoms with E-state index in [1.807, 2.05) is 0 Å². The van der Waals surface area contributed by atoms with Gasteiger partial charge in [-0.3, -0.25) is 4.79 Å². The van der Waals surface area contributed by atoms with Crippen LogP contribution in [0, 0.1) is 0 Å². The number of methoxy groups -OCH3 is 1. The lowest BCUT2D eigenvalue weighted by atomic mass is 10.1. The third-order valence-corrected chi connectivity index (χ3v) is 3.22. The van der Waals surface area contributed by atoms with E-state index < -0.39 is 5.97 Å². The first-order valence-electron chi connectivity index (χ1n) is 7.75. The summed E-state index contributed by atoms with van der Waals surface area (Å²) in [7, 11) is 1.54. The second kappa shape index (κ2) is 10.7. The van der Waals surface area contributed by atoms with Gasteiger partial charge in [0, 0.05) is 6.42 Å². The van der Waals surface area contributed by atoms with Gasteiger partial charge in [-0.1, -0.05) is 32.3 Å². The zero-order valence-corrected chi connectivity index (χ0v) is 13.4. The topological polar surface area (TPSA) is 64.6 Å². The summed E-state index contributed by atoms with van der Waals surface area (Å²) in [6.07, 6.45) is 4.83. The Hall–Kier alpha value is -2.04. The molecule has 1 rings (SSSR count). The average molecular weight is 307 g/mol. The van der Waals surface area contributed by atoms with Gasteiger partial charge in [0.1, 0.15) is 12.4 Å². The largest absolute Gasteiger partial charge is 0.497 e. The summed E-state index contributed by atoms with van der Waals surface area (Å²) < 4.78 is 10.2. The van der Waals surface area contributed by atoms with Crippen molar-refractivity contribution in [2.24, 2.45) is 0 Å². The van der Waals surface area contributed by atoms with Crippen molar-refractivity contribution < 1.29 is 19.1 Å². The third-order valence-electron chi connectivity index (χ3n) is 3.22. The van der Waals surface area contributed by atoms with E-state index in [0.717, 1.165) is 25.7 Å². The van der Waals surface area contributed by atoms with Crippen molar-refractivity contribution in [2.45, 2.75) is 39.0 Å². The molecular weight excluding hydrogens is 282 g/mol. The van der Waals surface area contributed by atoms with Gasteiger partial charge in [-0.15, -0.1) is 0 Å². The molecule has 1 aromatic carbocycles. The fraction of sp³-hybridized carbons (Fsp3) is 0.529. The summed E-state index contributed by atoms with van der Waals surface area (Å²) in [5, 5.41) is 2.75. The molecule has 22 heavy (non-hydrogen) atoms. The van der Waals surface area contributed by atoms with Crippen LogP contribution in [0.2, 0.25) is 0 Å². The molecule has 0 aliphatic carbocycles. The summed E-state index contributed by atoms with van der Waals surface area (Å²) >= 11 is 0. The predicted molar refractivity (Wildman–Crippen MR) is 85.0 cm³/mol. The molecule has 0 aromatic heterocycles. The minimum absolute atomic E-state index is 0.00790. The lowest BCUT2D eigenvalue weighted by Crippen LogP contribution is -2.27. The second-order valence-corrected chi connectivity index (χ2v) is 5.03. The maximum atomic E-state index is 11.8. The molecule has 0 saturated heterocycles. The molecule has 0 heterocycles. The Morgan fingerprint density at radius 2 is 2.00 bits per heavy atom. The fourth-order valence-corrected chi connectivity index (χ4v) is 1.97. The van der Waals surface area contributed by atoms with Crippen molar-refractivity contribution in [1.29, 1.82) is 0 Å². The van der Waals surface area contributed by atoms with Gasteiger partial charge in [0.2, 0.25) is 5.91 Å². The van der Waals surface area contributed by atoms with Gasteiger partial charge < -0.3 is 14.8 Å². The molecule has 122 valence electrons. The Morgan fingerprint density at radius 1 is 1.18 bits per heavy atom. The highest BCUT2D eigenvalue weighted by Crippen LogP contribution is 2.13. The van der Waals surface area contributed by atoms with Crippen molar-refractivity contribution in [2.75, 3.05) is 20.3 Å². The molecule has 0 aliphatic heterocycles. The number of ether oxygens (including phenoxy) is 2. The van der Waals surface area contributed by atoms with Crippen LogP contribution in [0.4, 0.5) is 0 Å². The molecule has 1 amide bonds. The monoisotopic (exact) mass is 307 g/mol. The number of amides is 1. The Balaban J connectivity index is 2.18. The molecule has 0 atom stereocenters. The smallest absolute Gasteiger partial charge is 0.338 e. The van der Waals surface area contributed by atoms with E-state index in [4.69, 9.17) is 9.47 Å². The van der Waals surface area contributed by atoms with Crippen LogP contribution in [0.15, 0.2) is 24.3 Å². The Morgan fingerprint density at radius 3 is 2.73 bits per heavy atom. The highest BCUT2D eigenvalue weighted by atomic mass is 16.5. The number of rotatable bonds is 10. The number of hydrogen-bond donors (Lipinski definition) is 1. The SMILES string of the molecule is CCCCCCC(=O)NCCOC(=O)c1cccc(OC)c1. The van der Waals surface area contributed by atoms with Gasteiger partial charge in [0.25, 0.3) is 0 Å². The van der Waals surface area contributed by atoms with E-state index in [9.17, 15) is 9.59 Å². The number of unbranched alkanes of at least 4 members (excludes halogenated alkanes) is 3. The highest BCUT2D eigenvalue weighted by Gasteiger charge is 2.08. The standard InChI is InChI=1S/C17H25NO4/c1-3-4-5-6-10-16(19)18-11-12-22-17(20)14-8-7-9-15(13-14)21-2/h7-9,13H,3-6,10-12H2,1-2H3,(H,18,19). The Bertz CT molecular complexity index is 473. The summed E-state index contributed by atoms with van der Waals surface area (Å²) in [6, 6.07) is 6.77. The third kappa shape index (κ3) is 7.11. The molecule has 0 aliphatic rings. The first kappa shape index (κ1) is 18.0. The predicted octanol–water partition coefficient (Wildman–Crippen LogP) is 2.94. The van der Waals surface area contributed by atoms with E-state index >= 15 is 0 Å². The molecule has 1 N–H and O–H groups in total. The number of carbonyl (C=O) groups is 2. The van der Waals surface area contributed by atoms with Crippen molar-refractivity contribution in [1.82, 2.24) is 5.32 Å². The molecule has 0 saturated carbocycles. The minimum atomic E-state index is -0.420. The summed E-state index contributed by atoms with van der Waals surface area (Å²) in [4.78, 5) is 23.3. The van der Waals surface area contributed by atoms with E-state index in [-0.39, 0.29) is 12.5 Å². The number of benzene rings is 1. The maximum Gasteiger partial charge on any atom is 0.338 e. The molecule has 0 radical (unpaired) electrons. The summed E-state index contributed by atoms with van der Waals surface area (Å²) in [6.45, 7) is 2.63. The number of esters is 1. The lowest BCUT2D eigenvalue weighted by molar-refractivity contribution is -0.121. The Kier molecular flexibility index (Phi) is 8.72. The zero-order chi connectivity index (χ0) is 16.2. The van der Waals surface area contributed by atoms with Crippen LogP contribution < -0.4 is 10.1 Å². The van der Waals surface area contributed by atoms with Crippen LogP contribution in [-0.4, -0.2) is 32.1 Å². The number of carbonyl (C=O) groups excluding carboxylic acids is 2. The van der Waals surface area contributed by atoms with Gasteiger partial charge in [0.05, 0.1) is 19.2 Å². The Labute approximate surface area is 132 Å². The van der Waals surface area contributed by atoms with E-state index in [2.05, 4.69) is 12.2 Å². The van der Waals surface area contributed by atoms with Crippen molar-refractivity contribution in [3.05, 3.63) is 29.8 Å². The summed E-state index contributed by atoms with van der Waals surface area (Å²) in [5.41, 5.74) is 0.435. The van der Waals surface area contributed by atoms with Gasteiger partial charge in [0.15, 0.2) is 0 Å². The maximum absolute atomic E-state index is 11.8. The number of hydrogen-bond acceptors (Lipinski definition) is 4. The second-order valence-electron chi connectivity index (χ2n) is 5.03. The van der Waals surface area contributed by atoms with E-state index in [1.165, 1.54) is 0 Å². The van der Waals surface area contributed by atoms with Crippen LogP contribution in [0.3, 0.4) is 0 Å². The molecule has 0 spiro atoms. The van der Waals surface area contributed by atoms with Gasteiger partial charge in [-0.25, -0.2) is 4.79 Å². The van der Waals surface area contributed by atoms with E-state index in [1.54, 1.807) is 31.4 Å². The lowest BCUT2D eigenvalue weighted by Gasteiger charge is -2.07. The van der Waals surface area contributed by atoms with Crippen molar-refractivity contribution >= 4 is 11.9 Å². The molecule has 5 nitrogen and oxygen atoms in total. The molecule has 0 unspecified atom stereocenters. The first-order valence-corrected chi connectivity index (χ1v) is 7.75. The molecule has 0 fully saturated rings. The van der Waals surface area contributed by atoms with Crippen LogP contribution in [0.5, 0.6) is 5.75 Å². The highest BCUT2D eigenvalue weighted by molar-refractivity contribution is 5.89. The molecule has 1 aromatic rings. The summed E-state index contributed by atoms with van der Waals surface area (Å²) in [5.74, 6) is 0.194.